The van der Waals surface area contributed by atoms with Gasteiger partial charge in [-0.1, -0.05) is 6.07 Å². The van der Waals surface area contributed by atoms with E-state index in [0.29, 0.717) is 42.4 Å². The molecule has 0 radical (unpaired) electrons. The third kappa shape index (κ3) is 2.63. The van der Waals surface area contributed by atoms with E-state index in [4.69, 9.17) is 0 Å². The fourth-order valence-corrected chi connectivity index (χ4v) is 3.13. The first-order chi connectivity index (χ1) is 11.0. The van der Waals surface area contributed by atoms with Crippen molar-refractivity contribution >= 4 is 23.0 Å². The number of phenolic OH excluding ortho intramolecular Hbond substituents is 1. The first kappa shape index (κ1) is 15.4. The van der Waals surface area contributed by atoms with Crippen LogP contribution in [0.1, 0.15) is 24.7 Å². The second-order valence-electron chi connectivity index (χ2n) is 5.72. The summed E-state index contributed by atoms with van der Waals surface area (Å²) in [5, 5.41) is 13.2. The Hall–Kier alpha value is -2.54. The lowest BCUT2D eigenvalue weighted by Crippen LogP contribution is -2.47. The summed E-state index contributed by atoms with van der Waals surface area (Å²) in [5.41, 5.74) is 0.0828. The fraction of sp³-hybridized carbons (Fsp3) is 0.375. The highest BCUT2D eigenvalue weighted by Crippen LogP contribution is 2.24. The Kier molecular flexibility index (Phi) is 3.96. The predicted octanol–water partition coefficient (Wildman–Crippen LogP) is 0.472. The average Bonchev–Trinajstić information content (AvgIpc) is 2.56. The smallest absolute Gasteiger partial charge is 0.261 e. The summed E-state index contributed by atoms with van der Waals surface area (Å²) >= 11 is 0. The van der Waals surface area contributed by atoms with Crippen molar-refractivity contribution < 1.29 is 14.7 Å². The highest BCUT2D eigenvalue weighted by molar-refractivity contribution is 6.27. The van der Waals surface area contributed by atoms with Gasteiger partial charge in [-0.15, -0.1) is 0 Å². The quantitative estimate of drug-likeness (QED) is 0.631. The number of Topliss-reactive ketones (excluding diaryl/α,β-unsaturated/α-hetero) is 1. The molecule has 0 saturated carbocycles. The van der Waals surface area contributed by atoms with E-state index in [-0.39, 0.29) is 17.4 Å². The highest BCUT2D eigenvalue weighted by Gasteiger charge is 2.28. The van der Waals surface area contributed by atoms with Gasteiger partial charge in [-0.05, 0) is 31.9 Å². The number of rotatable bonds is 3. The second-order valence-corrected chi connectivity index (χ2v) is 5.72. The zero-order valence-corrected chi connectivity index (χ0v) is 12.7. The number of aldehydes is 1. The van der Waals surface area contributed by atoms with Crippen LogP contribution in [-0.4, -0.2) is 39.3 Å². The number of nitrogens with one attached hydrogen (secondary N) is 1. The number of fused-ring (bicyclic) bond motifs is 1. The van der Waals surface area contributed by atoms with Crippen LogP contribution in [0.15, 0.2) is 23.0 Å². The predicted molar refractivity (Wildman–Crippen MR) is 83.5 cm³/mol. The SMILES string of the molecule is Cc1nc2c(O)cccc2c(=O)n1C1CCC(C(=O)C=O)NC1. The van der Waals surface area contributed by atoms with Gasteiger partial charge in [0.05, 0.1) is 17.5 Å². The second kappa shape index (κ2) is 5.92. The Balaban J connectivity index is 1.97. The summed E-state index contributed by atoms with van der Waals surface area (Å²) in [4.78, 5) is 39.1. The topological polar surface area (TPSA) is 101 Å². The number of aryl methyl sites for hydroxylation is 1. The molecular weight excluding hydrogens is 298 g/mol. The van der Waals surface area contributed by atoms with E-state index in [2.05, 4.69) is 10.3 Å². The molecule has 7 nitrogen and oxygen atoms in total. The van der Waals surface area contributed by atoms with Crippen molar-refractivity contribution in [2.75, 3.05) is 6.54 Å². The van der Waals surface area contributed by atoms with Gasteiger partial charge in [0, 0.05) is 6.54 Å². The maximum atomic E-state index is 12.7. The Labute approximate surface area is 132 Å². The summed E-state index contributed by atoms with van der Waals surface area (Å²) in [7, 11) is 0. The Morgan fingerprint density at radius 2 is 2.22 bits per heavy atom. The molecule has 2 unspecified atom stereocenters. The summed E-state index contributed by atoms with van der Waals surface area (Å²) in [6.45, 7) is 2.13. The van der Waals surface area contributed by atoms with Crippen LogP contribution in [0.25, 0.3) is 10.9 Å². The molecular formula is C16H17N3O4. The van der Waals surface area contributed by atoms with E-state index in [1.807, 2.05) is 0 Å². The number of nitrogens with zero attached hydrogens (tertiary/aromatic N) is 2. The van der Waals surface area contributed by atoms with Gasteiger partial charge in [0.2, 0.25) is 5.78 Å². The van der Waals surface area contributed by atoms with Crippen LogP contribution in [-0.2, 0) is 9.59 Å². The molecule has 1 aliphatic rings. The molecule has 0 bridgehead atoms. The van der Waals surface area contributed by atoms with Crippen LogP contribution in [0.5, 0.6) is 5.75 Å². The molecule has 7 heteroatoms. The van der Waals surface area contributed by atoms with Gasteiger partial charge in [-0.3, -0.25) is 19.0 Å². The lowest BCUT2D eigenvalue weighted by atomic mass is 9.97. The van der Waals surface area contributed by atoms with Crippen molar-refractivity contribution in [2.45, 2.75) is 31.8 Å². The lowest BCUT2D eigenvalue weighted by molar-refractivity contribution is -0.131. The van der Waals surface area contributed by atoms with Crippen molar-refractivity contribution in [1.29, 1.82) is 0 Å². The first-order valence-electron chi connectivity index (χ1n) is 7.46. The molecule has 1 aromatic carbocycles. The molecule has 0 spiro atoms. The summed E-state index contributed by atoms with van der Waals surface area (Å²) in [6.07, 6.45) is 1.42. The standard InChI is InChI=1S/C16H17N3O4/c1-9-18-15-11(3-2-4-13(15)21)16(23)19(9)10-5-6-12(17-7-10)14(22)8-20/h2-4,8,10,12,17,21H,5-7H2,1H3. The first-order valence-corrected chi connectivity index (χ1v) is 7.46. The molecule has 0 aliphatic carbocycles. The lowest BCUT2D eigenvalue weighted by Gasteiger charge is -2.30. The van der Waals surface area contributed by atoms with Crippen LogP contribution in [0.4, 0.5) is 0 Å². The molecule has 2 heterocycles. The molecule has 1 aliphatic heterocycles. The molecule has 120 valence electrons. The van der Waals surface area contributed by atoms with Gasteiger partial charge in [-0.25, -0.2) is 4.98 Å². The number of aromatic nitrogens is 2. The monoisotopic (exact) mass is 315 g/mol. The maximum Gasteiger partial charge on any atom is 0.261 e. The number of carbonyl (C=O) groups is 2. The van der Waals surface area contributed by atoms with Gasteiger partial charge in [0.1, 0.15) is 17.1 Å². The van der Waals surface area contributed by atoms with Crippen molar-refractivity contribution in [3.05, 3.63) is 34.4 Å². The van der Waals surface area contributed by atoms with E-state index < -0.39 is 11.8 Å². The largest absolute Gasteiger partial charge is 0.506 e. The minimum absolute atomic E-state index is 0.0201. The zero-order valence-electron chi connectivity index (χ0n) is 12.7. The molecule has 1 aromatic heterocycles. The normalized spacial score (nSPS) is 21.3. The van der Waals surface area contributed by atoms with E-state index in [1.165, 1.54) is 6.07 Å². The third-order valence-electron chi connectivity index (χ3n) is 4.30. The van der Waals surface area contributed by atoms with Gasteiger partial charge >= 0.3 is 0 Å². The van der Waals surface area contributed by atoms with Crippen molar-refractivity contribution in [3.63, 3.8) is 0 Å². The minimum atomic E-state index is -0.475. The van der Waals surface area contributed by atoms with Gasteiger partial charge in [-0.2, -0.15) is 0 Å². The summed E-state index contributed by atoms with van der Waals surface area (Å²) in [5.74, 6) is 0.0262. The van der Waals surface area contributed by atoms with Crippen LogP contribution in [0.2, 0.25) is 0 Å². The Morgan fingerprint density at radius 1 is 1.43 bits per heavy atom. The van der Waals surface area contributed by atoms with Gasteiger partial charge < -0.3 is 10.4 Å². The number of hydrogen-bond acceptors (Lipinski definition) is 6. The molecule has 2 aromatic rings. The van der Waals surface area contributed by atoms with Crippen LogP contribution < -0.4 is 10.9 Å². The molecule has 2 N–H and O–H groups in total. The highest BCUT2D eigenvalue weighted by atomic mass is 16.3. The number of para-hydroxylation sites is 1. The fourth-order valence-electron chi connectivity index (χ4n) is 3.13. The number of carbonyl (C=O) groups excluding carboxylic acids is 2. The maximum absolute atomic E-state index is 12.7. The van der Waals surface area contributed by atoms with Crippen LogP contribution in [0, 0.1) is 6.92 Å². The van der Waals surface area contributed by atoms with Gasteiger partial charge in [0.25, 0.3) is 5.56 Å². The molecule has 1 saturated heterocycles. The third-order valence-corrected chi connectivity index (χ3v) is 4.30. The molecule has 2 atom stereocenters. The van der Waals surface area contributed by atoms with Crippen LogP contribution >= 0.6 is 0 Å². The number of ketones is 1. The molecule has 3 rings (SSSR count). The van der Waals surface area contributed by atoms with Crippen molar-refractivity contribution in [1.82, 2.24) is 14.9 Å². The number of benzene rings is 1. The Bertz CT molecular complexity index is 835. The number of piperidine rings is 1. The van der Waals surface area contributed by atoms with E-state index >= 15 is 0 Å². The number of aromatic hydroxyl groups is 1. The van der Waals surface area contributed by atoms with E-state index in [9.17, 15) is 19.5 Å². The molecule has 1 fully saturated rings. The molecule has 23 heavy (non-hydrogen) atoms. The average molecular weight is 315 g/mol. The minimum Gasteiger partial charge on any atom is -0.506 e. The van der Waals surface area contributed by atoms with Crippen molar-refractivity contribution in [3.8, 4) is 5.75 Å². The summed E-state index contributed by atoms with van der Waals surface area (Å²) in [6, 6.07) is 4.12. The molecule has 0 amide bonds. The number of phenols is 1. The Morgan fingerprint density at radius 3 is 2.87 bits per heavy atom. The zero-order chi connectivity index (χ0) is 16.6. The number of hydrogen-bond donors (Lipinski definition) is 2. The van der Waals surface area contributed by atoms with E-state index in [1.54, 1.807) is 23.6 Å². The van der Waals surface area contributed by atoms with Gasteiger partial charge in [0.15, 0.2) is 6.29 Å². The van der Waals surface area contributed by atoms with Crippen molar-refractivity contribution in [2.24, 2.45) is 0 Å². The summed E-state index contributed by atoms with van der Waals surface area (Å²) < 4.78 is 1.59. The van der Waals surface area contributed by atoms with Crippen LogP contribution in [0.3, 0.4) is 0 Å². The van der Waals surface area contributed by atoms with E-state index in [0.717, 1.165) is 0 Å².